The molecule has 0 saturated carbocycles. The molecule has 19 heavy (non-hydrogen) atoms. The molecule has 3 heteroatoms. The molecule has 0 amide bonds. The van der Waals surface area contributed by atoms with Gasteiger partial charge in [-0.15, -0.1) is 0 Å². The first kappa shape index (κ1) is 14.1. The van der Waals surface area contributed by atoms with E-state index in [1.54, 1.807) is 0 Å². The van der Waals surface area contributed by atoms with Crippen molar-refractivity contribution in [2.75, 3.05) is 6.54 Å². The fraction of sp³-hybridized carbons (Fsp3) is 0.250. The number of nitrogens with two attached hydrogens (primary N) is 1. The van der Waals surface area contributed by atoms with Crippen molar-refractivity contribution in [2.24, 2.45) is 5.73 Å². The third kappa shape index (κ3) is 3.58. The van der Waals surface area contributed by atoms with Gasteiger partial charge in [-0.05, 0) is 83.7 Å². The van der Waals surface area contributed by atoms with Crippen LogP contribution in [0.25, 0.3) is 0 Å². The number of benzene rings is 2. The van der Waals surface area contributed by atoms with Crippen molar-refractivity contribution >= 4 is 15.9 Å². The van der Waals surface area contributed by atoms with Gasteiger partial charge in [0.15, 0.2) is 0 Å². The van der Waals surface area contributed by atoms with Crippen molar-refractivity contribution in [3.63, 3.8) is 0 Å². The number of hydrogen-bond acceptors (Lipinski definition) is 2. The molecule has 2 nitrogen and oxygen atoms in total. The quantitative estimate of drug-likeness (QED) is 0.908. The van der Waals surface area contributed by atoms with E-state index in [0.29, 0.717) is 6.54 Å². The molecule has 0 atom stereocenters. The van der Waals surface area contributed by atoms with Gasteiger partial charge in [0.2, 0.25) is 0 Å². The highest BCUT2D eigenvalue weighted by Crippen LogP contribution is 2.31. The van der Waals surface area contributed by atoms with Crippen LogP contribution in [0.3, 0.4) is 0 Å². The van der Waals surface area contributed by atoms with Gasteiger partial charge < -0.3 is 10.5 Å². The molecule has 2 N–H and O–H groups in total. The van der Waals surface area contributed by atoms with Gasteiger partial charge in [-0.3, -0.25) is 0 Å². The van der Waals surface area contributed by atoms with E-state index in [-0.39, 0.29) is 0 Å². The average Bonchev–Trinajstić information content (AvgIpc) is 2.37. The van der Waals surface area contributed by atoms with Crippen LogP contribution < -0.4 is 10.5 Å². The second-order valence-electron chi connectivity index (χ2n) is 4.65. The number of halogens is 1. The minimum atomic E-state index is 0.657. The molecule has 0 radical (unpaired) electrons. The molecule has 2 rings (SSSR count). The van der Waals surface area contributed by atoms with E-state index in [2.05, 4.69) is 48.0 Å². The normalized spacial score (nSPS) is 10.5. The van der Waals surface area contributed by atoms with Gasteiger partial charge in [-0.2, -0.15) is 0 Å². The maximum atomic E-state index is 5.90. The van der Waals surface area contributed by atoms with Crippen LogP contribution >= 0.6 is 15.9 Å². The molecular weight excluding hydrogens is 302 g/mol. The third-order valence-electron chi connectivity index (χ3n) is 3.14. The summed E-state index contributed by atoms with van der Waals surface area (Å²) < 4.78 is 6.86. The lowest BCUT2D eigenvalue weighted by molar-refractivity contribution is 0.479. The summed E-state index contributed by atoms with van der Waals surface area (Å²) in [5.74, 6) is 1.68. The SMILES string of the molecule is Cc1ccc(Oc2ccc(CCN)cc2Br)cc1C. The Balaban J connectivity index is 2.20. The van der Waals surface area contributed by atoms with Crippen molar-refractivity contribution in [3.8, 4) is 11.5 Å². The van der Waals surface area contributed by atoms with E-state index in [9.17, 15) is 0 Å². The van der Waals surface area contributed by atoms with Crippen molar-refractivity contribution < 1.29 is 4.74 Å². The van der Waals surface area contributed by atoms with Crippen molar-refractivity contribution in [3.05, 3.63) is 57.6 Å². The number of aryl methyl sites for hydroxylation is 2. The third-order valence-corrected chi connectivity index (χ3v) is 3.76. The maximum Gasteiger partial charge on any atom is 0.141 e. The summed E-state index contributed by atoms with van der Waals surface area (Å²) in [5, 5.41) is 0. The van der Waals surface area contributed by atoms with Crippen LogP contribution in [0.15, 0.2) is 40.9 Å². The topological polar surface area (TPSA) is 35.2 Å². The molecule has 0 aromatic heterocycles. The van der Waals surface area contributed by atoms with Gasteiger partial charge >= 0.3 is 0 Å². The molecular formula is C16H18BrNO. The van der Waals surface area contributed by atoms with E-state index in [4.69, 9.17) is 10.5 Å². The number of hydrogen-bond donors (Lipinski definition) is 1. The van der Waals surface area contributed by atoms with Crippen LogP contribution in [-0.4, -0.2) is 6.54 Å². The van der Waals surface area contributed by atoms with Gasteiger partial charge in [-0.1, -0.05) is 12.1 Å². The molecule has 2 aromatic rings. The predicted octanol–water partition coefficient (Wildman–Crippen LogP) is 4.36. The van der Waals surface area contributed by atoms with Crippen LogP contribution in [0.5, 0.6) is 11.5 Å². The van der Waals surface area contributed by atoms with E-state index in [0.717, 1.165) is 22.4 Å². The van der Waals surface area contributed by atoms with Crippen LogP contribution in [0.2, 0.25) is 0 Å². The van der Waals surface area contributed by atoms with Gasteiger partial charge in [0.25, 0.3) is 0 Å². The molecule has 0 unspecified atom stereocenters. The Labute approximate surface area is 122 Å². The minimum absolute atomic E-state index is 0.657. The number of ether oxygens (including phenoxy) is 1. The molecule has 0 bridgehead atoms. The second kappa shape index (κ2) is 6.22. The Morgan fingerprint density at radius 1 is 1.05 bits per heavy atom. The summed E-state index contributed by atoms with van der Waals surface area (Å²) >= 11 is 3.54. The van der Waals surface area contributed by atoms with Crippen LogP contribution in [0.4, 0.5) is 0 Å². The molecule has 0 heterocycles. The Bertz CT molecular complexity index is 581. The smallest absolute Gasteiger partial charge is 0.141 e. The molecule has 100 valence electrons. The molecule has 0 fully saturated rings. The summed E-state index contributed by atoms with van der Waals surface area (Å²) in [5.41, 5.74) is 9.26. The molecule has 0 spiro atoms. The largest absolute Gasteiger partial charge is 0.456 e. The zero-order chi connectivity index (χ0) is 13.8. The first-order chi connectivity index (χ1) is 9.10. The lowest BCUT2D eigenvalue weighted by atomic mass is 10.1. The Hall–Kier alpha value is -1.32. The zero-order valence-corrected chi connectivity index (χ0v) is 12.8. The van der Waals surface area contributed by atoms with Gasteiger partial charge in [0, 0.05) is 0 Å². The lowest BCUT2D eigenvalue weighted by Crippen LogP contribution is -2.02. The molecule has 0 aliphatic carbocycles. The van der Waals surface area contributed by atoms with Crippen LogP contribution in [0, 0.1) is 13.8 Å². The van der Waals surface area contributed by atoms with Crippen LogP contribution in [-0.2, 0) is 6.42 Å². The van der Waals surface area contributed by atoms with E-state index in [1.165, 1.54) is 16.7 Å². The maximum absolute atomic E-state index is 5.90. The van der Waals surface area contributed by atoms with Crippen LogP contribution in [0.1, 0.15) is 16.7 Å². The van der Waals surface area contributed by atoms with Gasteiger partial charge in [0.05, 0.1) is 4.47 Å². The van der Waals surface area contributed by atoms with Crippen molar-refractivity contribution in [1.82, 2.24) is 0 Å². The second-order valence-corrected chi connectivity index (χ2v) is 5.51. The van der Waals surface area contributed by atoms with Crippen molar-refractivity contribution in [2.45, 2.75) is 20.3 Å². The highest BCUT2D eigenvalue weighted by molar-refractivity contribution is 9.10. The number of rotatable bonds is 4. The van der Waals surface area contributed by atoms with Gasteiger partial charge in [-0.25, -0.2) is 0 Å². The summed E-state index contributed by atoms with van der Waals surface area (Å²) in [6.07, 6.45) is 0.877. The van der Waals surface area contributed by atoms with Gasteiger partial charge in [0.1, 0.15) is 11.5 Å². The van der Waals surface area contributed by atoms with E-state index >= 15 is 0 Å². The fourth-order valence-corrected chi connectivity index (χ4v) is 2.36. The summed E-state index contributed by atoms with van der Waals surface area (Å²) in [7, 11) is 0. The molecule has 2 aromatic carbocycles. The first-order valence-electron chi connectivity index (χ1n) is 6.34. The van der Waals surface area contributed by atoms with E-state index < -0.39 is 0 Å². The summed E-state index contributed by atoms with van der Waals surface area (Å²) in [6.45, 7) is 4.84. The summed E-state index contributed by atoms with van der Waals surface area (Å²) in [4.78, 5) is 0. The van der Waals surface area contributed by atoms with Crippen molar-refractivity contribution in [1.29, 1.82) is 0 Å². The standard InChI is InChI=1S/C16H18BrNO/c1-11-3-5-14(9-12(11)2)19-16-6-4-13(7-8-18)10-15(16)17/h3-6,9-10H,7-8,18H2,1-2H3. The highest BCUT2D eigenvalue weighted by atomic mass is 79.9. The predicted molar refractivity (Wildman–Crippen MR) is 82.9 cm³/mol. The summed E-state index contributed by atoms with van der Waals surface area (Å²) in [6, 6.07) is 12.2. The average molecular weight is 320 g/mol. The molecule has 0 saturated heterocycles. The van der Waals surface area contributed by atoms with E-state index in [1.807, 2.05) is 18.2 Å². The lowest BCUT2D eigenvalue weighted by Gasteiger charge is -2.10. The zero-order valence-electron chi connectivity index (χ0n) is 11.2. The highest BCUT2D eigenvalue weighted by Gasteiger charge is 2.05. The molecule has 0 aliphatic rings. The first-order valence-corrected chi connectivity index (χ1v) is 7.13. The molecule has 0 aliphatic heterocycles. The monoisotopic (exact) mass is 319 g/mol. The minimum Gasteiger partial charge on any atom is -0.456 e. The Kier molecular flexibility index (Phi) is 4.61. The fourth-order valence-electron chi connectivity index (χ4n) is 1.85. The Morgan fingerprint density at radius 2 is 1.84 bits per heavy atom. The Morgan fingerprint density at radius 3 is 2.47 bits per heavy atom.